The summed E-state index contributed by atoms with van der Waals surface area (Å²) in [6.07, 6.45) is 8.34. The van der Waals surface area contributed by atoms with Gasteiger partial charge in [-0.05, 0) is 18.9 Å². The van der Waals surface area contributed by atoms with E-state index in [1.807, 2.05) is 36.8 Å². The summed E-state index contributed by atoms with van der Waals surface area (Å²) in [5, 5.41) is 20.1. The van der Waals surface area contributed by atoms with Gasteiger partial charge >= 0.3 is 0 Å². The molecule has 0 aliphatic carbocycles. The number of aliphatic hydroxyl groups excluding tert-OH is 1. The number of carboxylic acid groups (broad SMARTS) is 1. The van der Waals surface area contributed by atoms with E-state index in [4.69, 9.17) is 9.90 Å². The minimum absolute atomic E-state index is 0.153. The lowest BCUT2D eigenvalue weighted by atomic mass is 10.1. The molecular weight excluding hydrogens is 370 g/mol. The van der Waals surface area contributed by atoms with E-state index in [0.29, 0.717) is 0 Å². The van der Waals surface area contributed by atoms with Crippen LogP contribution >= 0.6 is 0 Å². The number of hydrogen-bond donors (Lipinski definition) is 3. The molecule has 4 rings (SSSR count). The molecule has 2 aromatic heterocycles. The summed E-state index contributed by atoms with van der Waals surface area (Å²) >= 11 is 0. The lowest BCUT2D eigenvalue weighted by Gasteiger charge is -2.14. The molecule has 0 bridgehead atoms. The minimum atomic E-state index is -0.833. The summed E-state index contributed by atoms with van der Waals surface area (Å²) in [4.78, 5) is 22.6. The molecule has 3 heterocycles. The fourth-order valence-corrected chi connectivity index (χ4v) is 3.39. The zero-order chi connectivity index (χ0) is 20.8. The number of aromatic nitrogens is 4. The van der Waals surface area contributed by atoms with Gasteiger partial charge in [0.2, 0.25) is 0 Å². The molecule has 0 radical (unpaired) electrons. The first-order valence-corrected chi connectivity index (χ1v) is 9.44. The number of aliphatic carboxylic acids is 1. The third-order valence-electron chi connectivity index (χ3n) is 4.78. The summed E-state index contributed by atoms with van der Waals surface area (Å²) in [5.74, 6) is 0.754. The summed E-state index contributed by atoms with van der Waals surface area (Å²) < 4.78 is 2.15. The van der Waals surface area contributed by atoms with Crippen molar-refractivity contribution in [3.63, 3.8) is 0 Å². The summed E-state index contributed by atoms with van der Waals surface area (Å²) in [7, 11) is 0. The van der Waals surface area contributed by atoms with Crippen molar-refractivity contribution in [3.8, 4) is 22.8 Å². The van der Waals surface area contributed by atoms with Gasteiger partial charge in [0.1, 0.15) is 5.82 Å². The van der Waals surface area contributed by atoms with Crippen molar-refractivity contribution >= 4 is 5.97 Å². The maximum absolute atomic E-state index is 9.32. The predicted octanol–water partition coefficient (Wildman–Crippen LogP) is 2.30. The molecule has 2 atom stereocenters. The molecule has 0 saturated carbocycles. The molecule has 1 aliphatic heterocycles. The maximum Gasteiger partial charge on any atom is 0.300 e. The number of hydrogen-bond acceptors (Lipinski definition) is 6. The number of carbonyl (C=O) groups is 1. The van der Waals surface area contributed by atoms with Crippen molar-refractivity contribution in [1.82, 2.24) is 24.8 Å². The van der Waals surface area contributed by atoms with Gasteiger partial charge in [-0.15, -0.1) is 0 Å². The standard InChI is InChI=1S/C19H21N5O.C2H4O2/c1-13-4-2-3-5-17(13)18-22-9-14(10-23-18)19-20-6-7-24(19)16-8-15(12-25)21-11-16;1-2(3)4/h2-7,9-10,15-16,21,25H,8,11-12H2,1H3;1H3,(H,3,4)/t15-,16+;/m0./s1. The summed E-state index contributed by atoms with van der Waals surface area (Å²) in [6.45, 7) is 4.13. The number of aryl methyl sites for hydroxylation is 1. The van der Waals surface area contributed by atoms with Crippen molar-refractivity contribution < 1.29 is 15.0 Å². The van der Waals surface area contributed by atoms with Crippen LogP contribution in [-0.4, -0.2) is 54.9 Å². The zero-order valence-electron chi connectivity index (χ0n) is 16.5. The van der Waals surface area contributed by atoms with E-state index < -0.39 is 5.97 Å². The van der Waals surface area contributed by atoms with Crippen molar-refractivity contribution in [2.45, 2.75) is 32.4 Å². The van der Waals surface area contributed by atoms with Crippen molar-refractivity contribution in [2.24, 2.45) is 0 Å². The van der Waals surface area contributed by atoms with Gasteiger partial charge in [-0.1, -0.05) is 24.3 Å². The Balaban J connectivity index is 0.000000552. The summed E-state index contributed by atoms with van der Waals surface area (Å²) in [5.41, 5.74) is 3.10. The molecule has 0 amide bonds. The Bertz CT molecular complexity index is 951. The van der Waals surface area contributed by atoms with E-state index in [0.717, 1.165) is 48.2 Å². The molecule has 3 N–H and O–H groups in total. The third-order valence-corrected chi connectivity index (χ3v) is 4.78. The molecule has 8 nitrogen and oxygen atoms in total. The third kappa shape index (κ3) is 5.04. The Kier molecular flexibility index (Phi) is 6.69. The smallest absolute Gasteiger partial charge is 0.300 e. The number of benzene rings is 1. The van der Waals surface area contributed by atoms with Crippen LogP contribution in [0.1, 0.15) is 24.9 Å². The number of rotatable bonds is 4. The largest absolute Gasteiger partial charge is 0.481 e. The quantitative estimate of drug-likeness (QED) is 0.621. The summed E-state index contributed by atoms with van der Waals surface area (Å²) in [6, 6.07) is 8.54. The highest BCUT2D eigenvalue weighted by molar-refractivity contribution is 5.63. The van der Waals surface area contributed by atoms with Crippen LogP contribution in [0.15, 0.2) is 49.1 Å². The Morgan fingerprint density at radius 1 is 1.24 bits per heavy atom. The zero-order valence-corrected chi connectivity index (χ0v) is 16.5. The Hall–Kier alpha value is -3.10. The van der Waals surface area contributed by atoms with Crippen LogP contribution in [-0.2, 0) is 4.79 Å². The van der Waals surface area contributed by atoms with Crippen LogP contribution < -0.4 is 5.32 Å². The van der Waals surface area contributed by atoms with Crippen molar-refractivity contribution in [2.75, 3.05) is 13.2 Å². The second-order valence-electron chi connectivity index (χ2n) is 6.96. The molecule has 152 valence electrons. The fourth-order valence-electron chi connectivity index (χ4n) is 3.39. The second-order valence-corrected chi connectivity index (χ2v) is 6.96. The SMILES string of the molecule is CC(=O)O.Cc1ccccc1-c1ncc(-c2nccn2[C@H]2CN[C@H](CO)C2)cn1. The van der Waals surface area contributed by atoms with E-state index in [2.05, 4.69) is 37.8 Å². The van der Waals surface area contributed by atoms with E-state index in [9.17, 15) is 5.11 Å². The van der Waals surface area contributed by atoms with Gasteiger partial charge in [-0.25, -0.2) is 15.0 Å². The van der Waals surface area contributed by atoms with Gasteiger partial charge in [0.15, 0.2) is 5.82 Å². The minimum Gasteiger partial charge on any atom is -0.481 e. The Morgan fingerprint density at radius 2 is 1.93 bits per heavy atom. The van der Waals surface area contributed by atoms with E-state index in [1.165, 1.54) is 0 Å². The van der Waals surface area contributed by atoms with Gasteiger partial charge in [0.05, 0.1) is 12.2 Å². The van der Waals surface area contributed by atoms with E-state index in [-0.39, 0.29) is 18.7 Å². The van der Waals surface area contributed by atoms with Crippen LogP contribution in [0, 0.1) is 6.92 Å². The number of carboxylic acids is 1. The first-order chi connectivity index (χ1) is 14.0. The number of nitrogens with one attached hydrogen (secondary N) is 1. The van der Waals surface area contributed by atoms with Gasteiger partial charge in [-0.3, -0.25) is 4.79 Å². The fraction of sp³-hybridized carbons (Fsp3) is 0.333. The molecule has 29 heavy (non-hydrogen) atoms. The maximum atomic E-state index is 9.32. The molecule has 3 aromatic rings. The van der Waals surface area contributed by atoms with Crippen molar-refractivity contribution in [1.29, 1.82) is 0 Å². The number of imidazole rings is 1. The van der Waals surface area contributed by atoms with E-state index >= 15 is 0 Å². The van der Waals surface area contributed by atoms with Crippen LogP contribution in [0.25, 0.3) is 22.8 Å². The second kappa shape index (κ2) is 9.40. The molecule has 0 spiro atoms. The van der Waals surface area contributed by atoms with Crippen molar-refractivity contribution in [3.05, 3.63) is 54.6 Å². The van der Waals surface area contributed by atoms with Crippen LogP contribution in [0.3, 0.4) is 0 Å². The molecule has 8 heteroatoms. The first kappa shape index (κ1) is 20.6. The molecule has 1 saturated heterocycles. The first-order valence-electron chi connectivity index (χ1n) is 9.44. The Labute approximate surface area is 169 Å². The van der Waals surface area contributed by atoms with Crippen LogP contribution in [0.4, 0.5) is 0 Å². The average molecular weight is 395 g/mol. The number of aliphatic hydroxyl groups is 1. The molecular formula is C21H25N5O3. The van der Waals surface area contributed by atoms with Gasteiger partial charge < -0.3 is 20.1 Å². The number of nitrogens with zero attached hydrogens (tertiary/aromatic N) is 4. The molecule has 1 aromatic carbocycles. The highest BCUT2D eigenvalue weighted by atomic mass is 16.4. The normalized spacial score (nSPS) is 18.2. The Morgan fingerprint density at radius 3 is 2.55 bits per heavy atom. The van der Waals surface area contributed by atoms with E-state index in [1.54, 1.807) is 6.20 Å². The van der Waals surface area contributed by atoms with Gasteiger partial charge in [0.25, 0.3) is 5.97 Å². The monoisotopic (exact) mass is 395 g/mol. The van der Waals surface area contributed by atoms with Crippen LogP contribution in [0.2, 0.25) is 0 Å². The molecule has 0 unspecified atom stereocenters. The topological polar surface area (TPSA) is 113 Å². The van der Waals surface area contributed by atoms with Gasteiger partial charge in [0, 0.05) is 55.9 Å². The lowest BCUT2D eigenvalue weighted by Crippen LogP contribution is -2.24. The molecule has 1 fully saturated rings. The van der Waals surface area contributed by atoms with Crippen LogP contribution in [0.5, 0.6) is 0 Å². The molecule has 1 aliphatic rings. The average Bonchev–Trinajstić information content (AvgIpc) is 3.37. The van der Waals surface area contributed by atoms with Gasteiger partial charge in [-0.2, -0.15) is 0 Å². The predicted molar refractivity (Wildman–Crippen MR) is 109 cm³/mol. The highest BCUT2D eigenvalue weighted by Gasteiger charge is 2.26. The highest BCUT2D eigenvalue weighted by Crippen LogP contribution is 2.27. The lowest BCUT2D eigenvalue weighted by molar-refractivity contribution is -0.134.